The van der Waals surface area contributed by atoms with Crippen LogP contribution in [0.5, 0.6) is 5.75 Å². The summed E-state index contributed by atoms with van der Waals surface area (Å²) >= 11 is 0. The van der Waals surface area contributed by atoms with Gasteiger partial charge in [-0.2, -0.15) is 5.10 Å². The summed E-state index contributed by atoms with van der Waals surface area (Å²) in [5.41, 5.74) is 1.50. The molecule has 0 saturated heterocycles. The van der Waals surface area contributed by atoms with Crippen molar-refractivity contribution in [3.8, 4) is 5.75 Å². The Morgan fingerprint density at radius 2 is 2.19 bits per heavy atom. The van der Waals surface area contributed by atoms with Gasteiger partial charge in [-0.25, -0.2) is 0 Å². The Hall–Kier alpha value is -1.88. The molecule has 2 rings (SSSR count). The summed E-state index contributed by atoms with van der Waals surface area (Å²) in [6.45, 7) is 0.363. The number of hydrogen-bond acceptors (Lipinski definition) is 4. The summed E-state index contributed by atoms with van der Waals surface area (Å²) in [6, 6.07) is 5.41. The number of nitrogens with zero attached hydrogens (tertiary/aromatic N) is 3. The highest BCUT2D eigenvalue weighted by atomic mass is 16.5. The maximum Gasteiger partial charge on any atom is 0.138 e. The molecule has 0 unspecified atom stereocenters. The van der Waals surface area contributed by atoms with Gasteiger partial charge in [0, 0.05) is 13.2 Å². The fourth-order valence-corrected chi connectivity index (χ4v) is 1.29. The monoisotopic (exact) mass is 219 g/mol. The normalized spacial score (nSPS) is 10.4. The van der Waals surface area contributed by atoms with Crippen molar-refractivity contribution >= 4 is 0 Å². The van der Waals surface area contributed by atoms with Crippen LogP contribution in [0.3, 0.4) is 0 Å². The SMILES string of the molecule is Cn1ccc(COc2ccc(CO)nc2)n1. The number of aliphatic hydroxyl groups is 1. The molecule has 0 aromatic carbocycles. The predicted octanol–water partition coefficient (Wildman–Crippen LogP) is 0.886. The summed E-state index contributed by atoms with van der Waals surface area (Å²) in [5, 5.41) is 13.0. The topological polar surface area (TPSA) is 60.2 Å². The molecule has 0 aliphatic rings. The Morgan fingerprint density at radius 1 is 1.31 bits per heavy atom. The molecule has 0 fully saturated rings. The Morgan fingerprint density at radius 3 is 2.75 bits per heavy atom. The molecule has 2 aromatic rings. The van der Waals surface area contributed by atoms with Crippen LogP contribution in [0.4, 0.5) is 0 Å². The van der Waals surface area contributed by atoms with E-state index in [1.54, 1.807) is 23.0 Å². The first-order chi connectivity index (χ1) is 7.78. The largest absolute Gasteiger partial charge is 0.486 e. The standard InChI is InChI=1S/C11H13N3O2/c1-14-5-4-10(13-14)8-16-11-3-2-9(7-15)12-6-11/h2-6,15H,7-8H2,1H3. The fourth-order valence-electron chi connectivity index (χ4n) is 1.29. The Kier molecular flexibility index (Phi) is 3.16. The van der Waals surface area contributed by atoms with E-state index < -0.39 is 0 Å². The third kappa shape index (κ3) is 2.58. The Balaban J connectivity index is 1.94. The highest BCUT2D eigenvalue weighted by Gasteiger charge is 1.99. The van der Waals surface area contributed by atoms with Crippen LogP contribution in [0.25, 0.3) is 0 Å². The van der Waals surface area contributed by atoms with Crippen LogP contribution < -0.4 is 4.74 Å². The van der Waals surface area contributed by atoms with E-state index in [1.165, 1.54) is 0 Å². The zero-order valence-electron chi connectivity index (χ0n) is 9.00. The quantitative estimate of drug-likeness (QED) is 0.829. The van der Waals surface area contributed by atoms with Gasteiger partial charge >= 0.3 is 0 Å². The lowest BCUT2D eigenvalue weighted by Crippen LogP contribution is -1.98. The summed E-state index contributed by atoms with van der Waals surface area (Å²) in [6.07, 6.45) is 3.46. The first-order valence-electron chi connectivity index (χ1n) is 4.95. The zero-order chi connectivity index (χ0) is 11.4. The number of aliphatic hydroxyl groups excluding tert-OH is 1. The van der Waals surface area contributed by atoms with Gasteiger partial charge in [-0.3, -0.25) is 9.67 Å². The van der Waals surface area contributed by atoms with Gasteiger partial charge in [-0.1, -0.05) is 0 Å². The van der Waals surface area contributed by atoms with Crippen molar-refractivity contribution in [2.24, 2.45) is 7.05 Å². The maximum absolute atomic E-state index is 8.82. The molecule has 84 valence electrons. The number of aryl methyl sites for hydroxylation is 1. The van der Waals surface area contributed by atoms with E-state index in [4.69, 9.17) is 9.84 Å². The minimum atomic E-state index is -0.0550. The van der Waals surface area contributed by atoms with Gasteiger partial charge in [0.05, 0.1) is 24.2 Å². The lowest BCUT2D eigenvalue weighted by molar-refractivity contribution is 0.274. The molecule has 0 aliphatic carbocycles. The highest BCUT2D eigenvalue weighted by molar-refractivity contribution is 5.19. The Bertz CT molecular complexity index is 451. The third-order valence-electron chi connectivity index (χ3n) is 2.12. The van der Waals surface area contributed by atoms with Gasteiger partial charge in [0.15, 0.2) is 0 Å². The predicted molar refractivity (Wildman–Crippen MR) is 57.7 cm³/mol. The van der Waals surface area contributed by atoms with Crippen molar-refractivity contribution in [1.82, 2.24) is 14.8 Å². The van der Waals surface area contributed by atoms with Gasteiger partial charge in [0.25, 0.3) is 0 Å². The first kappa shape index (κ1) is 10.6. The van der Waals surface area contributed by atoms with Crippen molar-refractivity contribution in [3.63, 3.8) is 0 Å². The van der Waals surface area contributed by atoms with Crippen molar-refractivity contribution in [1.29, 1.82) is 0 Å². The molecule has 0 amide bonds. The lowest BCUT2D eigenvalue weighted by atomic mass is 10.3. The number of rotatable bonds is 4. The van der Waals surface area contributed by atoms with Gasteiger partial charge < -0.3 is 9.84 Å². The average molecular weight is 219 g/mol. The van der Waals surface area contributed by atoms with Crippen molar-refractivity contribution in [2.75, 3.05) is 0 Å². The summed E-state index contributed by atoms with van der Waals surface area (Å²) in [7, 11) is 1.86. The second-order valence-corrected chi connectivity index (χ2v) is 3.41. The van der Waals surface area contributed by atoms with Crippen LogP contribution in [0.15, 0.2) is 30.6 Å². The van der Waals surface area contributed by atoms with E-state index in [-0.39, 0.29) is 6.61 Å². The number of hydrogen-bond donors (Lipinski definition) is 1. The Labute approximate surface area is 93.3 Å². The molecule has 5 nitrogen and oxygen atoms in total. The molecule has 2 aromatic heterocycles. The van der Waals surface area contributed by atoms with E-state index in [0.29, 0.717) is 18.1 Å². The smallest absolute Gasteiger partial charge is 0.138 e. The highest BCUT2D eigenvalue weighted by Crippen LogP contribution is 2.11. The van der Waals surface area contributed by atoms with Gasteiger partial charge in [0.1, 0.15) is 12.4 Å². The average Bonchev–Trinajstić information content (AvgIpc) is 2.73. The van der Waals surface area contributed by atoms with Crippen LogP contribution in [0.1, 0.15) is 11.4 Å². The maximum atomic E-state index is 8.82. The van der Waals surface area contributed by atoms with E-state index in [2.05, 4.69) is 10.1 Å². The van der Waals surface area contributed by atoms with Crippen LogP contribution in [0.2, 0.25) is 0 Å². The van der Waals surface area contributed by atoms with Gasteiger partial charge in [-0.15, -0.1) is 0 Å². The number of aromatic nitrogens is 3. The molecule has 0 saturated carbocycles. The summed E-state index contributed by atoms with van der Waals surface area (Å²) < 4.78 is 7.21. The van der Waals surface area contributed by atoms with Crippen LogP contribution in [-0.2, 0) is 20.3 Å². The second kappa shape index (κ2) is 4.76. The van der Waals surface area contributed by atoms with Gasteiger partial charge in [0.2, 0.25) is 0 Å². The molecule has 16 heavy (non-hydrogen) atoms. The first-order valence-corrected chi connectivity index (χ1v) is 4.95. The number of pyridine rings is 1. The molecular weight excluding hydrogens is 206 g/mol. The minimum absolute atomic E-state index is 0.0550. The van der Waals surface area contributed by atoms with E-state index >= 15 is 0 Å². The molecule has 0 atom stereocenters. The van der Waals surface area contributed by atoms with Crippen molar-refractivity contribution < 1.29 is 9.84 Å². The number of ether oxygens (including phenoxy) is 1. The molecule has 1 N–H and O–H groups in total. The molecule has 0 aliphatic heterocycles. The van der Waals surface area contributed by atoms with Gasteiger partial charge in [-0.05, 0) is 18.2 Å². The zero-order valence-corrected chi connectivity index (χ0v) is 9.00. The molecule has 0 bridgehead atoms. The molecular formula is C11H13N3O2. The van der Waals surface area contributed by atoms with Crippen LogP contribution >= 0.6 is 0 Å². The van der Waals surface area contributed by atoms with E-state index in [1.807, 2.05) is 19.3 Å². The van der Waals surface area contributed by atoms with Crippen molar-refractivity contribution in [2.45, 2.75) is 13.2 Å². The minimum Gasteiger partial charge on any atom is -0.486 e. The molecule has 0 spiro atoms. The molecule has 2 heterocycles. The third-order valence-corrected chi connectivity index (χ3v) is 2.12. The molecule has 0 radical (unpaired) electrons. The summed E-state index contributed by atoms with van der Waals surface area (Å²) in [4.78, 5) is 4.01. The molecule has 5 heteroatoms. The van der Waals surface area contributed by atoms with Crippen LogP contribution in [0, 0.1) is 0 Å². The lowest BCUT2D eigenvalue weighted by Gasteiger charge is -2.03. The second-order valence-electron chi connectivity index (χ2n) is 3.41. The van der Waals surface area contributed by atoms with E-state index in [0.717, 1.165) is 5.69 Å². The summed E-state index contributed by atoms with van der Waals surface area (Å²) in [5.74, 6) is 0.669. The van der Waals surface area contributed by atoms with Crippen molar-refractivity contribution in [3.05, 3.63) is 42.0 Å². The fraction of sp³-hybridized carbons (Fsp3) is 0.273. The van der Waals surface area contributed by atoms with Crippen LogP contribution in [-0.4, -0.2) is 19.9 Å². The van der Waals surface area contributed by atoms with E-state index in [9.17, 15) is 0 Å².